The summed E-state index contributed by atoms with van der Waals surface area (Å²) < 4.78 is 5.43. The van der Waals surface area contributed by atoms with Crippen LogP contribution in [0.3, 0.4) is 0 Å². The van der Waals surface area contributed by atoms with Crippen LogP contribution in [0.15, 0.2) is 0 Å². The van der Waals surface area contributed by atoms with Gasteiger partial charge in [0.25, 0.3) is 0 Å². The van der Waals surface area contributed by atoms with E-state index in [0.29, 0.717) is 12.5 Å². The Labute approximate surface area is 142 Å². The van der Waals surface area contributed by atoms with Gasteiger partial charge in [0.05, 0.1) is 30.3 Å². The number of ether oxygens (including phenoxy) is 1. The van der Waals surface area contributed by atoms with E-state index in [1.165, 1.54) is 11.3 Å². The van der Waals surface area contributed by atoms with E-state index in [9.17, 15) is 4.79 Å². The van der Waals surface area contributed by atoms with E-state index in [1.807, 2.05) is 6.92 Å². The van der Waals surface area contributed by atoms with Gasteiger partial charge < -0.3 is 9.64 Å². The zero-order valence-corrected chi connectivity index (χ0v) is 15.0. The Bertz CT molecular complexity index is 540. The van der Waals surface area contributed by atoms with Crippen molar-refractivity contribution >= 4 is 17.2 Å². The van der Waals surface area contributed by atoms with Crippen LogP contribution in [-0.2, 0) is 16.0 Å². The summed E-state index contributed by atoms with van der Waals surface area (Å²) in [5.41, 5.74) is 0.966. The van der Waals surface area contributed by atoms with Crippen molar-refractivity contribution in [2.45, 2.75) is 45.6 Å². The molecule has 0 saturated carbocycles. The van der Waals surface area contributed by atoms with Crippen LogP contribution in [0.5, 0.6) is 0 Å². The molecule has 3 heterocycles. The van der Waals surface area contributed by atoms with Crippen molar-refractivity contribution in [3.05, 3.63) is 15.6 Å². The summed E-state index contributed by atoms with van der Waals surface area (Å²) in [5.74, 6) is 0.247. The Balaban J connectivity index is 1.62. The van der Waals surface area contributed by atoms with Gasteiger partial charge in [-0.2, -0.15) is 0 Å². The highest BCUT2D eigenvalue weighted by atomic mass is 32.1. The van der Waals surface area contributed by atoms with Gasteiger partial charge in [0.15, 0.2) is 0 Å². The number of amides is 1. The number of aromatic nitrogens is 1. The fourth-order valence-electron chi connectivity index (χ4n) is 3.58. The van der Waals surface area contributed by atoms with E-state index in [1.54, 1.807) is 11.3 Å². The third-order valence-corrected chi connectivity index (χ3v) is 5.77. The van der Waals surface area contributed by atoms with Crippen LogP contribution in [0.25, 0.3) is 0 Å². The SMILES string of the molecule is Cc1nc(CC(=O)N2CCCCC2CN2CCOCC2)c(C)s1. The standard InChI is InChI=1S/C17H27N3O2S/c1-13-16(18-14(2)23-13)11-17(21)20-6-4-3-5-15(20)12-19-7-9-22-10-8-19/h15H,3-12H2,1-2H3. The normalized spacial score (nSPS) is 23.2. The van der Waals surface area contributed by atoms with Crippen molar-refractivity contribution in [3.63, 3.8) is 0 Å². The zero-order chi connectivity index (χ0) is 16.2. The Morgan fingerprint density at radius 2 is 2.04 bits per heavy atom. The molecule has 0 aromatic carbocycles. The number of nitrogens with zero attached hydrogens (tertiary/aromatic N) is 3. The lowest BCUT2D eigenvalue weighted by atomic mass is 10.0. The number of morpholine rings is 1. The summed E-state index contributed by atoms with van der Waals surface area (Å²) >= 11 is 1.68. The largest absolute Gasteiger partial charge is 0.379 e. The first-order chi connectivity index (χ1) is 11.1. The summed E-state index contributed by atoms with van der Waals surface area (Å²) in [7, 11) is 0. The Kier molecular flexibility index (Phi) is 5.67. The fraction of sp³-hybridized carbons (Fsp3) is 0.765. The van der Waals surface area contributed by atoms with Gasteiger partial charge in [0, 0.05) is 37.1 Å². The second-order valence-electron chi connectivity index (χ2n) is 6.56. The smallest absolute Gasteiger partial charge is 0.228 e. The summed E-state index contributed by atoms with van der Waals surface area (Å²) in [6, 6.07) is 0.356. The lowest BCUT2D eigenvalue weighted by molar-refractivity contribution is -0.135. The lowest BCUT2D eigenvalue weighted by Gasteiger charge is -2.39. The first kappa shape index (κ1) is 16.9. The van der Waals surface area contributed by atoms with Crippen LogP contribution in [0.2, 0.25) is 0 Å². The number of likely N-dealkylation sites (tertiary alicyclic amines) is 1. The molecule has 6 heteroatoms. The molecule has 1 amide bonds. The summed E-state index contributed by atoms with van der Waals surface area (Å²) in [6.07, 6.45) is 3.93. The van der Waals surface area contributed by atoms with E-state index in [0.717, 1.165) is 62.9 Å². The maximum atomic E-state index is 12.8. The highest BCUT2D eigenvalue weighted by Crippen LogP contribution is 2.22. The van der Waals surface area contributed by atoms with Gasteiger partial charge in [0.2, 0.25) is 5.91 Å². The Morgan fingerprint density at radius 3 is 2.74 bits per heavy atom. The molecule has 0 aliphatic carbocycles. The second-order valence-corrected chi connectivity index (χ2v) is 7.97. The van der Waals surface area contributed by atoms with Gasteiger partial charge in [0.1, 0.15) is 0 Å². The maximum absolute atomic E-state index is 12.8. The minimum Gasteiger partial charge on any atom is -0.379 e. The molecule has 0 radical (unpaired) electrons. The molecular weight excluding hydrogens is 310 g/mol. The van der Waals surface area contributed by atoms with Crippen LogP contribution in [-0.4, -0.2) is 66.1 Å². The molecule has 1 atom stereocenters. The monoisotopic (exact) mass is 337 g/mol. The molecule has 0 bridgehead atoms. The third kappa shape index (κ3) is 4.31. The number of thiazole rings is 1. The van der Waals surface area contributed by atoms with Crippen LogP contribution < -0.4 is 0 Å². The van der Waals surface area contributed by atoms with Crippen molar-refractivity contribution in [1.82, 2.24) is 14.8 Å². The molecule has 128 valence electrons. The number of carbonyl (C=O) groups is 1. The summed E-state index contributed by atoms with van der Waals surface area (Å²) in [5, 5.41) is 1.05. The van der Waals surface area contributed by atoms with Crippen LogP contribution in [0, 0.1) is 13.8 Å². The van der Waals surface area contributed by atoms with Gasteiger partial charge in [-0.15, -0.1) is 11.3 Å². The quantitative estimate of drug-likeness (QED) is 0.843. The van der Waals surface area contributed by atoms with Gasteiger partial charge in [-0.05, 0) is 33.1 Å². The van der Waals surface area contributed by atoms with Crippen molar-refractivity contribution in [2.24, 2.45) is 0 Å². The number of piperidine rings is 1. The molecule has 2 aliphatic rings. The first-order valence-corrected chi connectivity index (χ1v) is 9.47. The van der Waals surface area contributed by atoms with Gasteiger partial charge >= 0.3 is 0 Å². The molecule has 2 saturated heterocycles. The molecule has 0 spiro atoms. The predicted octanol–water partition coefficient (Wildman–Crippen LogP) is 2.02. The predicted molar refractivity (Wildman–Crippen MR) is 91.9 cm³/mol. The average Bonchev–Trinajstić information content (AvgIpc) is 2.86. The molecule has 5 nitrogen and oxygen atoms in total. The van der Waals surface area contributed by atoms with Crippen molar-refractivity contribution in [2.75, 3.05) is 39.4 Å². The van der Waals surface area contributed by atoms with Crippen molar-refractivity contribution in [1.29, 1.82) is 0 Å². The highest BCUT2D eigenvalue weighted by Gasteiger charge is 2.29. The number of rotatable bonds is 4. The molecule has 3 rings (SSSR count). The molecule has 2 aliphatic heterocycles. The van der Waals surface area contributed by atoms with E-state index >= 15 is 0 Å². The summed E-state index contributed by atoms with van der Waals surface area (Å²) in [4.78, 5) is 23.1. The van der Waals surface area contributed by atoms with E-state index < -0.39 is 0 Å². The molecule has 1 aromatic heterocycles. The van der Waals surface area contributed by atoms with E-state index in [4.69, 9.17) is 4.74 Å². The molecule has 23 heavy (non-hydrogen) atoms. The topological polar surface area (TPSA) is 45.7 Å². The molecule has 1 aromatic rings. The second kappa shape index (κ2) is 7.73. The number of aryl methyl sites for hydroxylation is 2. The van der Waals surface area contributed by atoms with Crippen LogP contribution in [0.4, 0.5) is 0 Å². The van der Waals surface area contributed by atoms with Gasteiger partial charge in [-0.25, -0.2) is 4.98 Å². The molecule has 0 N–H and O–H groups in total. The lowest BCUT2D eigenvalue weighted by Crippen LogP contribution is -2.51. The van der Waals surface area contributed by atoms with Gasteiger partial charge in [-0.3, -0.25) is 9.69 Å². The van der Waals surface area contributed by atoms with E-state index in [2.05, 4.69) is 21.7 Å². The Morgan fingerprint density at radius 1 is 1.26 bits per heavy atom. The average molecular weight is 337 g/mol. The minimum atomic E-state index is 0.247. The highest BCUT2D eigenvalue weighted by molar-refractivity contribution is 7.11. The number of hydrogen-bond acceptors (Lipinski definition) is 5. The maximum Gasteiger partial charge on any atom is 0.228 e. The molecular formula is C17H27N3O2S. The van der Waals surface area contributed by atoms with E-state index in [-0.39, 0.29) is 5.91 Å². The van der Waals surface area contributed by atoms with Crippen LogP contribution >= 0.6 is 11.3 Å². The van der Waals surface area contributed by atoms with Crippen molar-refractivity contribution in [3.8, 4) is 0 Å². The Hall–Kier alpha value is -0.980. The third-order valence-electron chi connectivity index (χ3n) is 4.84. The molecule has 1 unspecified atom stereocenters. The molecule has 2 fully saturated rings. The number of carbonyl (C=O) groups excluding carboxylic acids is 1. The number of hydrogen-bond donors (Lipinski definition) is 0. The fourth-order valence-corrected chi connectivity index (χ4v) is 4.42. The summed E-state index contributed by atoms with van der Waals surface area (Å²) in [6.45, 7) is 9.57. The minimum absolute atomic E-state index is 0.247. The van der Waals surface area contributed by atoms with Gasteiger partial charge in [-0.1, -0.05) is 0 Å². The first-order valence-electron chi connectivity index (χ1n) is 8.66. The van der Waals surface area contributed by atoms with Crippen molar-refractivity contribution < 1.29 is 9.53 Å². The van der Waals surface area contributed by atoms with Crippen LogP contribution in [0.1, 0.15) is 34.8 Å². The zero-order valence-electron chi connectivity index (χ0n) is 14.2.